The number of rotatable bonds is 2. The summed E-state index contributed by atoms with van der Waals surface area (Å²) in [7, 11) is 0. The van der Waals surface area contributed by atoms with Crippen LogP contribution in [0.1, 0.15) is 0 Å². The predicted octanol–water partition coefficient (Wildman–Crippen LogP) is 2.84. The highest BCUT2D eigenvalue weighted by Gasteiger charge is 2.38. The van der Waals surface area contributed by atoms with Gasteiger partial charge in [-0.05, 0) is 12.1 Å². The summed E-state index contributed by atoms with van der Waals surface area (Å²) in [6, 6.07) is 2.96. The van der Waals surface area contributed by atoms with E-state index in [0.29, 0.717) is 10.8 Å². The molecule has 0 spiro atoms. The molecule has 0 aliphatic heterocycles. The van der Waals surface area contributed by atoms with Gasteiger partial charge in [-0.25, -0.2) is 14.2 Å². The molecule has 2 N–H and O–H groups in total. The number of anilines is 1. The molecule has 0 aliphatic rings. The van der Waals surface area contributed by atoms with Gasteiger partial charge in [0.2, 0.25) is 0 Å². The van der Waals surface area contributed by atoms with Crippen molar-refractivity contribution in [2.24, 2.45) is 0 Å². The molecule has 1 unspecified atom stereocenters. The van der Waals surface area contributed by atoms with E-state index >= 15 is 0 Å². The molecule has 0 fully saturated rings. The van der Waals surface area contributed by atoms with Gasteiger partial charge in [-0.15, -0.1) is 0 Å². The van der Waals surface area contributed by atoms with E-state index in [4.69, 9.17) is 33.1 Å². The lowest BCUT2D eigenvalue weighted by Crippen LogP contribution is -2.21. The van der Waals surface area contributed by atoms with Crippen molar-refractivity contribution in [3.8, 4) is 0 Å². The Morgan fingerprint density at radius 3 is 2.15 bits per heavy atom. The minimum Gasteiger partial charge on any atom is -0.475 e. The monoisotopic (exact) mass is 336 g/mol. The second kappa shape index (κ2) is 7.85. The van der Waals surface area contributed by atoms with Crippen LogP contribution in [-0.4, -0.2) is 33.8 Å². The maximum absolute atomic E-state index is 12.2. The van der Waals surface area contributed by atoms with E-state index in [-0.39, 0.29) is 0 Å². The van der Waals surface area contributed by atoms with E-state index < -0.39 is 23.7 Å². The number of alkyl halides is 5. The zero-order valence-electron chi connectivity index (χ0n) is 9.29. The molecular formula is C9H6Cl2F4N2O3. The summed E-state index contributed by atoms with van der Waals surface area (Å²) in [5.41, 5.74) is -1.71. The molecule has 20 heavy (non-hydrogen) atoms. The van der Waals surface area contributed by atoms with Gasteiger partial charge in [0.1, 0.15) is 5.15 Å². The molecule has 11 heteroatoms. The maximum atomic E-state index is 12.2. The molecule has 1 aromatic rings. The number of halogens is 6. The lowest BCUT2D eigenvalue weighted by molar-refractivity contribution is -0.192. The average molecular weight is 337 g/mol. The predicted molar refractivity (Wildman–Crippen MR) is 62.3 cm³/mol. The number of aliphatic carboxylic acids is 1. The van der Waals surface area contributed by atoms with Crippen LogP contribution in [0.2, 0.25) is 5.15 Å². The Labute approximate surface area is 119 Å². The summed E-state index contributed by atoms with van der Waals surface area (Å²) >= 11 is 10.4. The second-order valence-corrected chi connectivity index (χ2v) is 3.73. The Kier molecular flexibility index (Phi) is 7.22. The van der Waals surface area contributed by atoms with Gasteiger partial charge in [0.05, 0.1) is 11.9 Å². The Hall–Kier alpha value is -1.61. The first-order chi connectivity index (χ1) is 9.04. The highest BCUT2D eigenvalue weighted by atomic mass is 35.5. The van der Waals surface area contributed by atoms with Crippen molar-refractivity contribution in [3.05, 3.63) is 23.5 Å². The topological polar surface area (TPSA) is 79.3 Å². The van der Waals surface area contributed by atoms with Crippen molar-refractivity contribution < 1.29 is 32.3 Å². The van der Waals surface area contributed by atoms with Gasteiger partial charge in [-0.1, -0.05) is 23.2 Å². The molecule has 1 heterocycles. The Morgan fingerprint density at radius 2 is 1.85 bits per heavy atom. The van der Waals surface area contributed by atoms with E-state index in [0.717, 1.165) is 0 Å². The third-order valence-electron chi connectivity index (χ3n) is 1.44. The van der Waals surface area contributed by atoms with Crippen LogP contribution >= 0.6 is 23.2 Å². The normalized spacial score (nSPS) is 11.9. The number of amides is 1. The molecule has 0 radical (unpaired) electrons. The number of carboxylic acids is 1. The van der Waals surface area contributed by atoms with Crippen LogP contribution in [0, 0.1) is 0 Å². The quantitative estimate of drug-likeness (QED) is 0.494. The highest BCUT2D eigenvalue weighted by molar-refractivity contribution is 6.31. The smallest absolute Gasteiger partial charge is 0.475 e. The van der Waals surface area contributed by atoms with Crippen LogP contribution in [0.4, 0.5) is 23.2 Å². The molecule has 1 atom stereocenters. The highest BCUT2D eigenvalue weighted by Crippen LogP contribution is 2.13. The van der Waals surface area contributed by atoms with Crippen molar-refractivity contribution in [3.63, 3.8) is 0 Å². The number of hydrogen-bond donors (Lipinski definition) is 2. The second-order valence-electron chi connectivity index (χ2n) is 2.96. The fourth-order valence-corrected chi connectivity index (χ4v) is 0.813. The third kappa shape index (κ3) is 7.74. The molecule has 5 nitrogen and oxygen atoms in total. The van der Waals surface area contributed by atoms with Crippen LogP contribution in [0.25, 0.3) is 0 Å². The van der Waals surface area contributed by atoms with Gasteiger partial charge in [0.15, 0.2) is 0 Å². The SMILES string of the molecule is O=C(Nc1ccc(Cl)nc1)C(F)Cl.O=C(O)C(F)(F)F. The number of nitrogens with one attached hydrogen (secondary N) is 1. The standard InChI is InChI=1S/C7H5Cl2FN2O.C2HF3O2/c8-5-2-1-4(3-11-5)12-7(13)6(9)10;3-2(4,5)1(6)7/h1-3,6H,(H,12,13);(H,6,7). The molecular weight excluding hydrogens is 331 g/mol. The summed E-state index contributed by atoms with van der Waals surface area (Å²) in [6.45, 7) is 0. The van der Waals surface area contributed by atoms with Crippen LogP contribution in [-0.2, 0) is 9.59 Å². The largest absolute Gasteiger partial charge is 0.490 e. The number of carbonyl (C=O) groups is 2. The molecule has 0 saturated heterocycles. The maximum Gasteiger partial charge on any atom is 0.490 e. The van der Waals surface area contributed by atoms with Crippen molar-refractivity contribution >= 4 is 40.8 Å². The number of pyridine rings is 1. The van der Waals surface area contributed by atoms with Gasteiger partial charge in [-0.3, -0.25) is 4.79 Å². The molecule has 0 aromatic carbocycles. The van der Waals surface area contributed by atoms with Gasteiger partial charge >= 0.3 is 12.1 Å². The summed E-state index contributed by atoms with van der Waals surface area (Å²) in [5.74, 6) is -3.68. The Balaban J connectivity index is 0.000000441. The minimum absolute atomic E-state index is 0.292. The summed E-state index contributed by atoms with van der Waals surface area (Å²) in [4.78, 5) is 23.3. The van der Waals surface area contributed by atoms with E-state index in [1.807, 2.05) is 0 Å². The van der Waals surface area contributed by atoms with Gasteiger partial charge in [0.25, 0.3) is 11.5 Å². The van der Waals surface area contributed by atoms with Crippen LogP contribution in [0.3, 0.4) is 0 Å². The Bertz CT molecular complexity index is 465. The number of aromatic nitrogens is 1. The Morgan fingerprint density at radius 1 is 1.35 bits per heavy atom. The third-order valence-corrected chi connectivity index (χ3v) is 1.86. The van der Waals surface area contributed by atoms with Crippen LogP contribution in [0.15, 0.2) is 18.3 Å². The first-order valence-corrected chi connectivity index (χ1v) is 5.36. The number of hydrogen-bond acceptors (Lipinski definition) is 3. The van der Waals surface area contributed by atoms with E-state index in [1.54, 1.807) is 0 Å². The zero-order chi connectivity index (χ0) is 15.9. The van der Waals surface area contributed by atoms with Gasteiger partial charge < -0.3 is 10.4 Å². The van der Waals surface area contributed by atoms with Crippen molar-refractivity contribution in [1.82, 2.24) is 4.98 Å². The van der Waals surface area contributed by atoms with Crippen LogP contribution < -0.4 is 5.32 Å². The molecule has 112 valence electrons. The summed E-state index contributed by atoms with van der Waals surface area (Å²) in [6.07, 6.45) is -3.78. The van der Waals surface area contributed by atoms with E-state index in [9.17, 15) is 22.4 Å². The van der Waals surface area contributed by atoms with E-state index in [1.165, 1.54) is 18.3 Å². The number of nitrogens with zero attached hydrogens (tertiary/aromatic N) is 1. The summed E-state index contributed by atoms with van der Waals surface area (Å²) in [5, 5.41) is 9.62. The number of carboxylic acid groups (broad SMARTS) is 1. The lowest BCUT2D eigenvalue weighted by Gasteiger charge is -2.03. The van der Waals surface area contributed by atoms with Crippen molar-refractivity contribution in [2.45, 2.75) is 11.8 Å². The summed E-state index contributed by atoms with van der Waals surface area (Å²) < 4.78 is 43.9. The van der Waals surface area contributed by atoms with Crippen molar-refractivity contribution in [2.75, 3.05) is 5.32 Å². The first kappa shape index (κ1) is 18.4. The molecule has 1 rings (SSSR count). The lowest BCUT2D eigenvalue weighted by atomic mass is 10.4. The molecule has 1 amide bonds. The molecule has 0 saturated carbocycles. The van der Waals surface area contributed by atoms with Crippen LogP contribution in [0.5, 0.6) is 0 Å². The van der Waals surface area contributed by atoms with Gasteiger partial charge in [-0.2, -0.15) is 13.2 Å². The molecule has 1 aromatic heterocycles. The fourth-order valence-electron chi connectivity index (χ4n) is 0.647. The van der Waals surface area contributed by atoms with E-state index in [2.05, 4.69) is 10.3 Å². The van der Waals surface area contributed by atoms with Gasteiger partial charge in [0, 0.05) is 0 Å². The number of carbonyl (C=O) groups excluding carboxylic acids is 1. The average Bonchev–Trinajstić information content (AvgIpc) is 2.31. The first-order valence-electron chi connectivity index (χ1n) is 4.54. The molecule has 0 bridgehead atoms. The minimum atomic E-state index is -5.08. The van der Waals surface area contributed by atoms with Crippen molar-refractivity contribution in [1.29, 1.82) is 0 Å². The molecule has 0 aliphatic carbocycles. The fraction of sp³-hybridized carbons (Fsp3) is 0.222. The zero-order valence-corrected chi connectivity index (χ0v) is 10.8.